The molecule has 0 unspecified atom stereocenters. The Kier molecular flexibility index (Phi) is 8.07. The van der Waals surface area contributed by atoms with Crippen LogP contribution in [-0.2, 0) is 14.3 Å². The lowest BCUT2D eigenvalue weighted by Crippen LogP contribution is -2.36. The number of nitrogens with zero attached hydrogens (tertiary/aromatic N) is 3. The van der Waals surface area contributed by atoms with E-state index in [0.29, 0.717) is 37.7 Å². The number of hydrogen-bond donors (Lipinski definition) is 2. The van der Waals surface area contributed by atoms with Gasteiger partial charge in [-0.05, 0) is 36.9 Å². The summed E-state index contributed by atoms with van der Waals surface area (Å²) >= 11 is 0. The Morgan fingerprint density at radius 3 is 2.53 bits per heavy atom. The molecule has 2 aromatic rings. The smallest absolute Gasteiger partial charge is 0.253 e. The first kappa shape index (κ1) is 23.1. The highest BCUT2D eigenvalue weighted by Crippen LogP contribution is 2.24. The molecule has 8 nitrogen and oxygen atoms in total. The molecule has 0 atom stereocenters. The van der Waals surface area contributed by atoms with Gasteiger partial charge in [0.05, 0.1) is 36.5 Å². The molecule has 0 bridgehead atoms. The van der Waals surface area contributed by atoms with Crippen molar-refractivity contribution < 1.29 is 18.7 Å². The maximum absolute atomic E-state index is 14.4. The molecule has 0 saturated carbocycles. The topological polar surface area (TPSA) is 121 Å². The molecule has 1 aliphatic rings. The van der Waals surface area contributed by atoms with Crippen molar-refractivity contribution in [3.05, 3.63) is 54.3 Å². The van der Waals surface area contributed by atoms with Crippen molar-refractivity contribution in [3.63, 3.8) is 0 Å². The van der Waals surface area contributed by atoms with Gasteiger partial charge in [0.1, 0.15) is 5.71 Å². The highest BCUT2D eigenvalue weighted by atomic mass is 19.1. The van der Waals surface area contributed by atoms with E-state index in [1.54, 1.807) is 30.3 Å². The second kappa shape index (κ2) is 11.2. The molecule has 32 heavy (non-hydrogen) atoms. The molecule has 9 heteroatoms. The lowest BCUT2D eigenvalue weighted by atomic mass is 10.1. The van der Waals surface area contributed by atoms with Gasteiger partial charge in [-0.25, -0.2) is 9.38 Å². The van der Waals surface area contributed by atoms with Crippen LogP contribution in [0, 0.1) is 11.2 Å². The van der Waals surface area contributed by atoms with Crippen LogP contribution in [0.3, 0.4) is 0 Å². The molecule has 0 spiro atoms. The van der Waals surface area contributed by atoms with Crippen molar-refractivity contribution in [1.82, 2.24) is 0 Å². The van der Waals surface area contributed by atoms with Crippen LogP contribution in [0.5, 0.6) is 0 Å². The molecule has 3 rings (SSSR count). The first-order valence-corrected chi connectivity index (χ1v) is 10.2. The van der Waals surface area contributed by atoms with Crippen molar-refractivity contribution >= 4 is 46.3 Å². The molecule has 2 aromatic carbocycles. The number of morpholine rings is 1. The monoisotopic (exact) mass is 437 g/mol. The average molecular weight is 437 g/mol. The zero-order chi connectivity index (χ0) is 22.9. The number of hydrogen-bond acceptors (Lipinski definition) is 8. The lowest BCUT2D eigenvalue weighted by Gasteiger charge is -2.28. The second-order valence-corrected chi connectivity index (χ2v) is 6.99. The van der Waals surface area contributed by atoms with E-state index in [1.807, 2.05) is 11.0 Å². The van der Waals surface area contributed by atoms with E-state index in [9.17, 15) is 14.0 Å². The van der Waals surface area contributed by atoms with E-state index in [4.69, 9.17) is 15.9 Å². The summed E-state index contributed by atoms with van der Waals surface area (Å²) in [7, 11) is 0. The predicted molar refractivity (Wildman–Crippen MR) is 123 cm³/mol. The summed E-state index contributed by atoms with van der Waals surface area (Å²) in [5.41, 5.74) is 6.27. The number of benzene rings is 2. The molecule has 1 heterocycles. The number of anilines is 1. The molecule has 0 aromatic heterocycles. The molecule has 0 amide bonds. The van der Waals surface area contributed by atoms with Gasteiger partial charge in [-0.15, -0.1) is 0 Å². The second-order valence-electron chi connectivity index (χ2n) is 6.99. The molecule has 1 aliphatic heterocycles. The maximum Gasteiger partial charge on any atom is 0.253 e. The average Bonchev–Trinajstić information content (AvgIpc) is 2.83. The predicted octanol–water partition coefficient (Wildman–Crippen LogP) is 2.64. The lowest BCUT2D eigenvalue weighted by molar-refractivity contribution is -0.128. The van der Waals surface area contributed by atoms with Gasteiger partial charge >= 0.3 is 0 Å². The Bertz CT molecular complexity index is 1050. The third-order valence-electron chi connectivity index (χ3n) is 4.77. The van der Waals surface area contributed by atoms with Gasteiger partial charge in [0.25, 0.3) is 5.78 Å². The molecular formula is C23H24FN5O3. The maximum atomic E-state index is 14.4. The summed E-state index contributed by atoms with van der Waals surface area (Å²) in [4.78, 5) is 34.7. The summed E-state index contributed by atoms with van der Waals surface area (Å²) in [6.07, 6.45) is 0.883. The van der Waals surface area contributed by atoms with Crippen molar-refractivity contribution in [2.75, 3.05) is 37.7 Å². The van der Waals surface area contributed by atoms with Crippen LogP contribution in [0.15, 0.2) is 58.5 Å². The quantitative estimate of drug-likeness (QED) is 0.461. The number of ketones is 2. The highest BCUT2D eigenvalue weighted by molar-refractivity contribution is 6.86. The number of rotatable bonds is 9. The zero-order valence-corrected chi connectivity index (χ0v) is 17.5. The van der Waals surface area contributed by atoms with E-state index < -0.39 is 23.1 Å². The fourth-order valence-corrected chi connectivity index (χ4v) is 3.09. The van der Waals surface area contributed by atoms with Crippen LogP contribution in [-0.4, -0.2) is 62.1 Å². The number of ether oxygens (including phenoxy) is 1. The Labute approximate surface area is 185 Å². The van der Waals surface area contributed by atoms with Crippen molar-refractivity contribution in [3.8, 4) is 0 Å². The first-order valence-electron chi connectivity index (χ1n) is 10.2. The van der Waals surface area contributed by atoms with Crippen LogP contribution in [0.1, 0.15) is 6.42 Å². The molecule has 3 N–H and O–H groups in total. The molecule has 1 saturated heterocycles. The standard InChI is InChI=1S/C23H24FN5O3/c24-18-14-17(29-10-12-32-13-11-29)6-7-19(18)27-15-21(30)23(31)22(26)20(8-9-25)28-16-4-2-1-3-5-16/h1-7,14-15,26H,8-13,25H2. The fourth-order valence-electron chi connectivity index (χ4n) is 3.09. The molecule has 0 aliphatic carbocycles. The summed E-state index contributed by atoms with van der Waals surface area (Å²) in [5.74, 6) is -2.73. The van der Waals surface area contributed by atoms with Crippen LogP contribution >= 0.6 is 0 Å². The van der Waals surface area contributed by atoms with E-state index in [-0.39, 0.29) is 24.4 Å². The number of aliphatic imine (C=N–C) groups is 2. The Morgan fingerprint density at radius 1 is 1.16 bits per heavy atom. The summed E-state index contributed by atoms with van der Waals surface area (Å²) < 4.78 is 19.7. The van der Waals surface area contributed by atoms with Gasteiger partial charge in [0, 0.05) is 25.2 Å². The van der Waals surface area contributed by atoms with Gasteiger partial charge in [0.15, 0.2) is 5.82 Å². The fraction of sp³-hybridized carbons (Fsp3) is 0.261. The van der Waals surface area contributed by atoms with Gasteiger partial charge in [-0.2, -0.15) is 0 Å². The molecule has 0 radical (unpaired) electrons. The largest absolute Gasteiger partial charge is 0.378 e. The third-order valence-corrected chi connectivity index (χ3v) is 4.77. The Hall–Kier alpha value is -3.56. The van der Waals surface area contributed by atoms with E-state index >= 15 is 0 Å². The van der Waals surface area contributed by atoms with E-state index in [2.05, 4.69) is 9.98 Å². The van der Waals surface area contributed by atoms with Gasteiger partial charge in [-0.1, -0.05) is 18.2 Å². The number of carbonyl (C=O) groups is 2. The van der Waals surface area contributed by atoms with Gasteiger partial charge in [0.2, 0.25) is 5.78 Å². The Morgan fingerprint density at radius 2 is 1.88 bits per heavy atom. The van der Waals surface area contributed by atoms with Crippen molar-refractivity contribution in [1.29, 1.82) is 5.41 Å². The number of nitrogens with one attached hydrogen (secondary N) is 1. The van der Waals surface area contributed by atoms with Crippen LogP contribution < -0.4 is 10.6 Å². The number of Topliss-reactive ketones (excluding diaryl/α,β-unsaturated/α-hetero) is 2. The molecular weight excluding hydrogens is 413 g/mol. The minimum absolute atomic E-state index is 0.0742. The minimum Gasteiger partial charge on any atom is -0.378 e. The summed E-state index contributed by atoms with van der Waals surface area (Å²) in [6.45, 7) is 2.62. The zero-order valence-electron chi connectivity index (χ0n) is 17.5. The number of nitrogens with two attached hydrogens (primary N) is 1. The van der Waals surface area contributed by atoms with Crippen molar-refractivity contribution in [2.24, 2.45) is 15.7 Å². The Balaban J connectivity index is 1.70. The molecule has 1 fully saturated rings. The number of halogens is 1. The SMILES string of the molecule is N=C(C(=O)C(=O)C=Nc1ccc(N2CCOCC2)cc1F)C(CCN)=Nc1ccccc1. The van der Waals surface area contributed by atoms with E-state index in [1.165, 1.54) is 12.1 Å². The van der Waals surface area contributed by atoms with Crippen molar-refractivity contribution in [2.45, 2.75) is 6.42 Å². The summed E-state index contributed by atoms with van der Waals surface area (Å²) in [6, 6.07) is 13.2. The molecule has 166 valence electrons. The third kappa shape index (κ3) is 5.99. The number of carbonyl (C=O) groups excluding carboxylic acids is 2. The van der Waals surface area contributed by atoms with Gasteiger partial charge in [-0.3, -0.25) is 20.0 Å². The number of para-hydroxylation sites is 1. The van der Waals surface area contributed by atoms with Gasteiger partial charge < -0.3 is 15.4 Å². The van der Waals surface area contributed by atoms with E-state index in [0.717, 1.165) is 6.21 Å². The highest BCUT2D eigenvalue weighted by Gasteiger charge is 2.22. The van der Waals surface area contributed by atoms with Crippen LogP contribution in [0.2, 0.25) is 0 Å². The summed E-state index contributed by atoms with van der Waals surface area (Å²) in [5, 5.41) is 8.09. The normalized spacial score (nSPS) is 14.6. The minimum atomic E-state index is -1.08. The van der Waals surface area contributed by atoms with Crippen LogP contribution in [0.4, 0.5) is 21.5 Å². The first-order chi connectivity index (χ1) is 15.5. The van der Waals surface area contributed by atoms with Crippen LogP contribution in [0.25, 0.3) is 0 Å².